The van der Waals surface area contributed by atoms with Gasteiger partial charge in [-0.2, -0.15) is 0 Å². The van der Waals surface area contributed by atoms with Crippen LogP contribution in [0.15, 0.2) is 50.8 Å². The van der Waals surface area contributed by atoms with Gasteiger partial charge in [-0.15, -0.1) is 0 Å². The molecule has 2 aliphatic rings. The molecule has 1 amide bonds. The molecule has 0 N–H and O–H groups in total. The fourth-order valence-electron chi connectivity index (χ4n) is 3.72. The number of carbonyl (C=O) groups excluding carboxylic acids is 1. The van der Waals surface area contributed by atoms with Crippen LogP contribution >= 0.6 is 23.4 Å². The normalized spacial score (nSPS) is 23.7. The lowest BCUT2D eigenvalue weighted by atomic mass is 10.1. The van der Waals surface area contributed by atoms with Crippen LogP contribution in [0.2, 0.25) is 5.02 Å². The Bertz CT molecular complexity index is 761. The summed E-state index contributed by atoms with van der Waals surface area (Å²) in [5, 5.41) is 1.43. The van der Waals surface area contributed by atoms with Crippen molar-refractivity contribution < 1.29 is 9.21 Å². The molecule has 0 bridgehead atoms. The SMILES string of the molecule is C[C@@H]1CN2CCC[C@@H]2CN1C(=O)c1ccc(Sc2ccc(Cl)cc2)o1. The van der Waals surface area contributed by atoms with E-state index in [4.69, 9.17) is 16.0 Å². The van der Waals surface area contributed by atoms with Gasteiger partial charge in [-0.1, -0.05) is 23.4 Å². The quantitative estimate of drug-likeness (QED) is 0.795. The fraction of sp³-hybridized carbons (Fsp3) is 0.421. The Morgan fingerprint density at radius 1 is 1.20 bits per heavy atom. The van der Waals surface area contributed by atoms with Crippen molar-refractivity contribution in [1.82, 2.24) is 9.80 Å². The van der Waals surface area contributed by atoms with Gasteiger partial charge in [0.1, 0.15) is 0 Å². The van der Waals surface area contributed by atoms with Gasteiger partial charge in [-0.05, 0) is 62.7 Å². The van der Waals surface area contributed by atoms with Gasteiger partial charge in [0.25, 0.3) is 5.91 Å². The van der Waals surface area contributed by atoms with Crippen LogP contribution in [0, 0.1) is 0 Å². The standard InChI is InChI=1S/C19H21ClN2O2S/c1-13-11-21-10-2-3-15(21)12-22(13)19(23)17-8-9-18(24-17)25-16-6-4-14(20)5-7-16/h4-9,13,15H,2-3,10-12H2,1H3/t13-,15-/m1/s1. The summed E-state index contributed by atoms with van der Waals surface area (Å²) in [7, 11) is 0. The van der Waals surface area contributed by atoms with Crippen molar-refractivity contribution >= 4 is 29.3 Å². The molecule has 2 fully saturated rings. The van der Waals surface area contributed by atoms with Crippen LogP contribution in [-0.2, 0) is 0 Å². The highest BCUT2D eigenvalue weighted by Gasteiger charge is 2.37. The Morgan fingerprint density at radius 2 is 2.00 bits per heavy atom. The number of hydrogen-bond donors (Lipinski definition) is 0. The molecule has 0 unspecified atom stereocenters. The van der Waals surface area contributed by atoms with E-state index >= 15 is 0 Å². The first-order chi connectivity index (χ1) is 12.1. The molecule has 2 saturated heterocycles. The highest BCUT2D eigenvalue weighted by Crippen LogP contribution is 2.31. The summed E-state index contributed by atoms with van der Waals surface area (Å²) in [6.07, 6.45) is 2.42. The summed E-state index contributed by atoms with van der Waals surface area (Å²) in [6, 6.07) is 12.0. The van der Waals surface area contributed by atoms with Gasteiger partial charge in [0.05, 0.1) is 0 Å². The van der Waals surface area contributed by atoms with Crippen LogP contribution < -0.4 is 0 Å². The second kappa shape index (κ2) is 7.06. The summed E-state index contributed by atoms with van der Waals surface area (Å²) >= 11 is 7.41. The Balaban J connectivity index is 1.45. The maximum absolute atomic E-state index is 12.9. The van der Waals surface area contributed by atoms with Gasteiger partial charge < -0.3 is 9.32 Å². The topological polar surface area (TPSA) is 36.7 Å². The van der Waals surface area contributed by atoms with E-state index in [0.29, 0.717) is 16.8 Å². The van der Waals surface area contributed by atoms with Crippen LogP contribution in [0.25, 0.3) is 0 Å². The van der Waals surface area contributed by atoms with Crippen molar-refractivity contribution in [1.29, 1.82) is 0 Å². The van der Waals surface area contributed by atoms with Gasteiger partial charge in [0.15, 0.2) is 10.9 Å². The lowest BCUT2D eigenvalue weighted by Gasteiger charge is -2.41. The molecular formula is C19H21ClN2O2S. The molecule has 2 atom stereocenters. The van der Waals surface area contributed by atoms with E-state index in [-0.39, 0.29) is 11.9 Å². The first kappa shape index (κ1) is 17.0. The lowest BCUT2D eigenvalue weighted by molar-refractivity contribution is 0.0364. The van der Waals surface area contributed by atoms with Gasteiger partial charge in [0.2, 0.25) is 0 Å². The summed E-state index contributed by atoms with van der Waals surface area (Å²) in [6.45, 7) is 5.06. The van der Waals surface area contributed by atoms with Gasteiger partial charge in [-0.3, -0.25) is 9.69 Å². The molecule has 1 aromatic heterocycles. The van der Waals surface area contributed by atoms with Crippen LogP contribution in [0.5, 0.6) is 0 Å². The van der Waals surface area contributed by atoms with E-state index in [1.54, 1.807) is 6.07 Å². The summed E-state index contributed by atoms with van der Waals surface area (Å²) in [5.41, 5.74) is 0. The molecular weight excluding hydrogens is 356 g/mol. The molecule has 0 saturated carbocycles. The number of furan rings is 1. The van der Waals surface area contributed by atoms with Gasteiger partial charge >= 0.3 is 0 Å². The zero-order chi connectivity index (χ0) is 17.4. The zero-order valence-corrected chi connectivity index (χ0v) is 15.7. The molecule has 4 rings (SSSR count). The number of carbonyl (C=O) groups is 1. The van der Waals surface area contributed by atoms with Crippen molar-refractivity contribution in [2.45, 2.75) is 41.8 Å². The van der Waals surface area contributed by atoms with Crippen molar-refractivity contribution in [2.24, 2.45) is 0 Å². The third-order valence-corrected chi connectivity index (χ3v) is 6.20. The summed E-state index contributed by atoms with van der Waals surface area (Å²) in [4.78, 5) is 18.4. The number of rotatable bonds is 3. The van der Waals surface area contributed by atoms with E-state index in [1.807, 2.05) is 35.2 Å². The molecule has 2 aromatic rings. The Hall–Kier alpha value is -1.43. The lowest BCUT2D eigenvalue weighted by Crippen LogP contribution is -2.56. The van der Waals surface area contributed by atoms with E-state index in [9.17, 15) is 4.79 Å². The van der Waals surface area contributed by atoms with Crippen molar-refractivity contribution in [3.05, 3.63) is 47.2 Å². The number of nitrogens with zero attached hydrogens (tertiary/aromatic N) is 2. The van der Waals surface area contributed by atoms with E-state index in [2.05, 4.69) is 11.8 Å². The first-order valence-corrected chi connectivity index (χ1v) is 9.88. The molecule has 0 radical (unpaired) electrons. The van der Waals surface area contributed by atoms with Gasteiger partial charge in [0, 0.05) is 35.1 Å². The Kier molecular flexibility index (Phi) is 4.80. The maximum atomic E-state index is 12.9. The third-order valence-electron chi connectivity index (χ3n) is 5.02. The Labute approximate surface area is 157 Å². The highest BCUT2D eigenvalue weighted by atomic mass is 35.5. The summed E-state index contributed by atoms with van der Waals surface area (Å²) in [5.74, 6) is 0.428. The molecule has 2 aliphatic heterocycles. The van der Waals surface area contributed by atoms with Gasteiger partial charge in [-0.25, -0.2) is 0 Å². The number of hydrogen-bond acceptors (Lipinski definition) is 4. The number of benzene rings is 1. The molecule has 0 spiro atoms. The number of halogens is 1. The first-order valence-electron chi connectivity index (χ1n) is 8.68. The predicted molar refractivity (Wildman–Crippen MR) is 99.4 cm³/mol. The van der Waals surface area contributed by atoms with E-state index in [0.717, 1.165) is 23.1 Å². The minimum atomic E-state index is 0.00186. The average Bonchev–Trinajstić information content (AvgIpc) is 3.24. The summed E-state index contributed by atoms with van der Waals surface area (Å²) < 4.78 is 5.82. The highest BCUT2D eigenvalue weighted by molar-refractivity contribution is 7.99. The number of fused-ring (bicyclic) bond motifs is 1. The minimum absolute atomic E-state index is 0.00186. The maximum Gasteiger partial charge on any atom is 0.289 e. The number of amides is 1. The second-order valence-corrected chi connectivity index (χ2v) is 8.29. The molecule has 0 aliphatic carbocycles. The monoisotopic (exact) mass is 376 g/mol. The largest absolute Gasteiger partial charge is 0.444 e. The van der Waals surface area contributed by atoms with Crippen molar-refractivity contribution in [3.63, 3.8) is 0 Å². The van der Waals surface area contributed by atoms with Crippen molar-refractivity contribution in [3.8, 4) is 0 Å². The van der Waals surface area contributed by atoms with Crippen molar-refractivity contribution in [2.75, 3.05) is 19.6 Å². The predicted octanol–water partition coefficient (Wildman–Crippen LogP) is 4.39. The van der Waals surface area contributed by atoms with Crippen LogP contribution in [0.1, 0.15) is 30.3 Å². The average molecular weight is 377 g/mol. The fourth-order valence-corrected chi connectivity index (χ4v) is 4.62. The molecule has 4 nitrogen and oxygen atoms in total. The molecule has 1 aromatic carbocycles. The third kappa shape index (κ3) is 3.59. The van der Waals surface area contributed by atoms with Crippen LogP contribution in [0.4, 0.5) is 0 Å². The van der Waals surface area contributed by atoms with Crippen LogP contribution in [0.3, 0.4) is 0 Å². The molecule has 25 heavy (non-hydrogen) atoms. The Morgan fingerprint density at radius 3 is 2.80 bits per heavy atom. The smallest absolute Gasteiger partial charge is 0.289 e. The second-order valence-electron chi connectivity index (χ2n) is 6.77. The van der Waals surface area contributed by atoms with E-state index < -0.39 is 0 Å². The zero-order valence-electron chi connectivity index (χ0n) is 14.2. The molecule has 6 heteroatoms. The minimum Gasteiger partial charge on any atom is -0.444 e. The van der Waals surface area contributed by atoms with E-state index in [1.165, 1.54) is 31.1 Å². The van der Waals surface area contributed by atoms with Crippen LogP contribution in [-0.4, -0.2) is 47.4 Å². The molecule has 132 valence electrons. The molecule has 3 heterocycles. The number of piperazine rings is 1.